The van der Waals surface area contributed by atoms with Crippen LogP contribution in [0, 0.1) is 5.92 Å². The van der Waals surface area contributed by atoms with Crippen LogP contribution in [0.25, 0.3) is 0 Å². The molecule has 0 amide bonds. The van der Waals surface area contributed by atoms with Gasteiger partial charge in [0.25, 0.3) is 0 Å². The zero-order valence-corrected chi connectivity index (χ0v) is 15.6. The highest BCUT2D eigenvalue weighted by Gasteiger charge is 2.65. The van der Waals surface area contributed by atoms with Gasteiger partial charge in [0.2, 0.25) is 6.29 Å². The van der Waals surface area contributed by atoms with Crippen molar-refractivity contribution in [1.29, 1.82) is 0 Å². The molecule has 2 aliphatic heterocycles. The summed E-state index contributed by atoms with van der Waals surface area (Å²) < 4.78 is 32.8. The molecule has 0 bridgehead atoms. The van der Waals surface area contributed by atoms with Crippen LogP contribution in [-0.2, 0) is 33.2 Å². The number of methoxy groups -OCH3 is 3. The zero-order valence-electron chi connectivity index (χ0n) is 15.6. The quantitative estimate of drug-likeness (QED) is 0.403. The Bertz CT molecular complexity index is 617. The Morgan fingerprint density at radius 3 is 2.65 bits per heavy atom. The molecule has 1 spiro atoms. The summed E-state index contributed by atoms with van der Waals surface area (Å²) in [4.78, 5) is 12.2. The van der Waals surface area contributed by atoms with Gasteiger partial charge in [0.15, 0.2) is 5.60 Å². The summed E-state index contributed by atoms with van der Waals surface area (Å²) in [5, 5.41) is 0. The summed E-state index contributed by atoms with van der Waals surface area (Å²) in [6.07, 6.45) is 6.71. The molecule has 0 saturated carbocycles. The van der Waals surface area contributed by atoms with Gasteiger partial charge in [-0.3, -0.25) is 0 Å². The number of esters is 1. The molecule has 0 N–H and O–H groups in total. The van der Waals surface area contributed by atoms with E-state index in [2.05, 4.69) is 6.08 Å². The van der Waals surface area contributed by atoms with Crippen molar-refractivity contribution in [1.82, 2.24) is 0 Å². The van der Waals surface area contributed by atoms with Gasteiger partial charge in [0, 0.05) is 20.3 Å². The van der Waals surface area contributed by atoms with Crippen LogP contribution >= 0.6 is 0 Å². The highest BCUT2D eigenvalue weighted by Crippen LogP contribution is 2.43. The molecular formula is C19H26O7. The van der Waals surface area contributed by atoms with E-state index < -0.39 is 17.9 Å². The second-order valence-corrected chi connectivity index (χ2v) is 6.66. The number of carbonyl (C=O) groups excluding carboxylic acids is 1. The molecule has 1 aliphatic carbocycles. The van der Waals surface area contributed by atoms with Crippen molar-refractivity contribution in [3.63, 3.8) is 0 Å². The molecule has 2 fully saturated rings. The van der Waals surface area contributed by atoms with Gasteiger partial charge in [-0.1, -0.05) is 12.2 Å². The number of hydrogen-bond acceptors (Lipinski definition) is 7. The van der Waals surface area contributed by atoms with Crippen LogP contribution < -0.4 is 0 Å². The molecule has 5 atom stereocenters. The Kier molecular flexibility index (Phi) is 5.82. The standard InChI is InChI=1S/C19H26O7/c1-12-9-13(5-7-14(12)21-2)6-8-16(20)26-18-19(11-25-19)17(23-4)15(22-3)10-24-18/h6-9,13,15,17-18H,5,10-11H2,1-4H3/b8-6+/t13?,15-,17?,18+,19?/m1/s1. The van der Waals surface area contributed by atoms with Crippen molar-refractivity contribution in [2.24, 2.45) is 5.92 Å². The van der Waals surface area contributed by atoms with Crippen molar-refractivity contribution in [2.75, 3.05) is 34.5 Å². The normalized spacial score (nSPS) is 36.6. The van der Waals surface area contributed by atoms with E-state index >= 15 is 0 Å². The monoisotopic (exact) mass is 366 g/mol. The van der Waals surface area contributed by atoms with Crippen LogP contribution in [0.2, 0.25) is 0 Å². The van der Waals surface area contributed by atoms with Crippen LogP contribution in [0.5, 0.6) is 0 Å². The fraction of sp³-hybridized carbons (Fsp3) is 0.632. The van der Waals surface area contributed by atoms with Crippen LogP contribution in [0.15, 0.2) is 35.6 Å². The molecule has 2 heterocycles. The maximum absolute atomic E-state index is 12.2. The van der Waals surface area contributed by atoms with Crippen molar-refractivity contribution in [3.8, 4) is 0 Å². The second-order valence-electron chi connectivity index (χ2n) is 6.66. The molecule has 3 rings (SSSR count). The fourth-order valence-corrected chi connectivity index (χ4v) is 3.52. The number of allylic oxidation sites excluding steroid dienone is 4. The van der Waals surface area contributed by atoms with Crippen molar-refractivity contribution >= 4 is 5.97 Å². The Morgan fingerprint density at radius 1 is 1.31 bits per heavy atom. The minimum Gasteiger partial charge on any atom is -0.497 e. The molecule has 7 heteroatoms. The lowest BCUT2D eigenvalue weighted by atomic mass is 9.95. The van der Waals surface area contributed by atoms with Crippen LogP contribution in [-0.4, -0.2) is 64.6 Å². The lowest BCUT2D eigenvalue weighted by Crippen LogP contribution is -2.58. The SMILES string of the molecule is COC1=CCC(/C=C/C(=O)O[C@@H]2OC[C@@H](OC)C(OC)C23CO3)C=C1C. The van der Waals surface area contributed by atoms with Crippen molar-refractivity contribution in [3.05, 3.63) is 35.6 Å². The molecule has 7 nitrogen and oxygen atoms in total. The zero-order chi connectivity index (χ0) is 18.7. The van der Waals surface area contributed by atoms with Gasteiger partial charge in [0.05, 0.1) is 20.3 Å². The summed E-state index contributed by atoms with van der Waals surface area (Å²) in [6, 6.07) is 0. The Balaban J connectivity index is 1.58. The van der Waals surface area contributed by atoms with Crippen LogP contribution in [0.3, 0.4) is 0 Å². The Labute approximate surface area is 153 Å². The van der Waals surface area contributed by atoms with E-state index in [0.717, 1.165) is 17.8 Å². The number of carbonyl (C=O) groups is 1. The molecule has 3 unspecified atom stereocenters. The first-order valence-corrected chi connectivity index (χ1v) is 8.67. The van der Waals surface area contributed by atoms with Crippen molar-refractivity contribution in [2.45, 2.75) is 37.4 Å². The topological polar surface area (TPSA) is 75.8 Å². The first-order valence-electron chi connectivity index (χ1n) is 8.67. The smallest absolute Gasteiger partial charge is 0.332 e. The van der Waals surface area contributed by atoms with E-state index in [1.165, 1.54) is 6.08 Å². The lowest BCUT2D eigenvalue weighted by molar-refractivity contribution is -0.255. The molecule has 0 aromatic rings. The Morgan fingerprint density at radius 2 is 2.08 bits per heavy atom. The van der Waals surface area contributed by atoms with Gasteiger partial charge in [-0.15, -0.1) is 0 Å². The average molecular weight is 366 g/mol. The predicted octanol–water partition coefficient (Wildman–Crippen LogP) is 1.74. The van der Waals surface area contributed by atoms with E-state index in [0.29, 0.717) is 6.61 Å². The van der Waals surface area contributed by atoms with Gasteiger partial charge >= 0.3 is 5.97 Å². The highest BCUT2D eigenvalue weighted by atomic mass is 16.8. The molecule has 144 valence electrons. The number of rotatable bonds is 6. The van der Waals surface area contributed by atoms with Gasteiger partial charge in [-0.25, -0.2) is 4.79 Å². The number of ether oxygens (including phenoxy) is 6. The van der Waals surface area contributed by atoms with Gasteiger partial charge < -0.3 is 28.4 Å². The van der Waals surface area contributed by atoms with E-state index in [-0.39, 0.29) is 24.7 Å². The third kappa shape index (κ3) is 3.71. The fourth-order valence-electron chi connectivity index (χ4n) is 3.52. The maximum atomic E-state index is 12.2. The average Bonchev–Trinajstić information content (AvgIpc) is 3.42. The maximum Gasteiger partial charge on any atom is 0.332 e. The molecule has 0 aromatic carbocycles. The summed E-state index contributed by atoms with van der Waals surface area (Å²) in [6.45, 7) is 2.66. The molecule has 26 heavy (non-hydrogen) atoms. The summed E-state index contributed by atoms with van der Waals surface area (Å²) in [7, 11) is 4.83. The summed E-state index contributed by atoms with van der Waals surface area (Å²) in [5.41, 5.74) is 0.269. The first-order chi connectivity index (χ1) is 12.5. The summed E-state index contributed by atoms with van der Waals surface area (Å²) in [5.74, 6) is 0.534. The van der Waals surface area contributed by atoms with Gasteiger partial charge in [-0.2, -0.15) is 0 Å². The molecule has 3 aliphatic rings. The van der Waals surface area contributed by atoms with Crippen LogP contribution in [0.1, 0.15) is 13.3 Å². The third-order valence-electron chi connectivity index (χ3n) is 5.02. The van der Waals surface area contributed by atoms with E-state index in [1.807, 2.05) is 19.1 Å². The van der Waals surface area contributed by atoms with E-state index in [9.17, 15) is 4.79 Å². The molecule has 0 radical (unpaired) electrons. The first kappa shape index (κ1) is 19.1. The van der Waals surface area contributed by atoms with Gasteiger partial charge in [0.1, 0.15) is 18.0 Å². The number of hydrogen-bond donors (Lipinski definition) is 0. The van der Waals surface area contributed by atoms with E-state index in [4.69, 9.17) is 28.4 Å². The lowest BCUT2D eigenvalue weighted by Gasteiger charge is -2.38. The molecule has 0 aromatic heterocycles. The highest BCUT2D eigenvalue weighted by molar-refractivity contribution is 5.82. The van der Waals surface area contributed by atoms with Crippen molar-refractivity contribution < 1.29 is 33.2 Å². The van der Waals surface area contributed by atoms with Gasteiger partial charge in [-0.05, 0) is 30.9 Å². The second kappa shape index (κ2) is 7.92. The largest absolute Gasteiger partial charge is 0.497 e. The predicted molar refractivity (Wildman–Crippen MR) is 92.2 cm³/mol. The minimum atomic E-state index is -0.806. The molecular weight excluding hydrogens is 340 g/mol. The third-order valence-corrected chi connectivity index (χ3v) is 5.02. The minimum absolute atomic E-state index is 0.129. The molecule has 2 saturated heterocycles. The van der Waals surface area contributed by atoms with E-state index in [1.54, 1.807) is 21.3 Å². The number of epoxide rings is 1. The Hall–Kier alpha value is -1.67. The van der Waals surface area contributed by atoms with Crippen LogP contribution in [0.4, 0.5) is 0 Å². The summed E-state index contributed by atoms with van der Waals surface area (Å²) >= 11 is 0.